The second-order valence-electron chi connectivity index (χ2n) is 7.73. The zero-order chi connectivity index (χ0) is 22.3. The van der Waals surface area contributed by atoms with Crippen LogP contribution in [0.1, 0.15) is 35.8 Å². The van der Waals surface area contributed by atoms with Gasteiger partial charge in [0, 0.05) is 29.9 Å². The number of fused-ring (bicyclic) bond motifs is 3. The highest BCUT2D eigenvalue weighted by Gasteiger charge is 2.29. The van der Waals surface area contributed by atoms with Crippen molar-refractivity contribution in [1.82, 2.24) is 9.55 Å². The molecule has 3 aromatic rings. The molecule has 1 atom stereocenters. The number of carbonyl (C=O) groups is 1. The van der Waals surface area contributed by atoms with E-state index in [1.54, 1.807) is 6.07 Å². The zero-order valence-electron chi connectivity index (χ0n) is 17.3. The number of carboxylic acid groups (broad SMARTS) is 1. The lowest BCUT2D eigenvalue weighted by molar-refractivity contribution is 0.0694. The van der Waals surface area contributed by atoms with Gasteiger partial charge in [-0.25, -0.2) is 4.79 Å². The van der Waals surface area contributed by atoms with Gasteiger partial charge in [0.2, 0.25) is 11.8 Å². The van der Waals surface area contributed by atoms with E-state index in [1.165, 1.54) is 37.6 Å². The summed E-state index contributed by atoms with van der Waals surface area (Å²) in [5.41, 5.74) is 1.41. The predicted molar refractivity (Wildman–Crippen MR) is 111 cm³/mol. The van der Waals surface area contributed by atoms with Crippen molar-refractivity contribution in [3.8, 4) is 28.6 Å². The van der Waals surface area contributed by atoms with Crippen LogP contribution in [0.25, 0.3) is 11.3 Å². The molecule has 0 saturated heterocycles. The molecule has 1 unspecified atom stereocenters. The van der Waals surface area contributed by atoms with Gasteiger partial charge in [-0.05, 0) is 36.1 Å². The lowest BCUT2D eigenvalue weighted by Crippen LogP contribution is -2.28. The molecule has 160 valence electrons. The molecule has 1 aliphatic rings. The second kappa shape index (κ2) is 7.86. The Kier molecular flexibility index (Phi) is 5.22. The fraction of sp³-hybridized carbons (Fsp3) is 0.261. The Morgan fingerprint density at radius 3 is 2.68 bits per heavy atom. The maximum absolute atomic E-state index is 13.5. The highest BCUT2D eigenvalue weighted by molar-refractivity contribution is 5.88. The van der Waals surface area contributed by atoms with Crippen LogP contribution in [0.2, 0.25) is 0 Å². The highest BCUT2D eigenvalue weighted by Crippen LogP contribution is 2.43. The smallest absolute Gasteiger partial charge is 0.341 e. The Labute approximate surface area is 177 Å². The quantitative estimate of drug-likeness (QED) is 0.614. The molecule has 1 aliphatic heterocycles. The molecule has 4 rings (SSSR count). The number of aromatic nitrogens is 2. The molecule has 0 amide bonds. The summed E-state index contributed by atoms with van der Waals surface area (Å²) in [6.07, 6.45) is 2.03. The molecule has 0 bridgehead atoms. The lowest BCUT2D eigenvalue weighted by Gasteiger charge is -2.33. The Balaban J connectivity index is 1.90. The summed E-state index contributed by atoms with van der Waals surface area (Å²) >= 11 is 0. The highest BCUT2D eigenvalue weighted by atomic mass is 19.1. The van der Waals surface area contributed by atoms with Crippen LogP contribution in [-0.2, 0) is 6.42 Å². The van der Waals surface area contributed by atoms with E-state index < -0.39 is 17.3 Å². The van der Waals surface area contributed by atoms with Crippen molar-refractivity contribution in [3.63, 3.8) is 0 Å². The monoisotopic (exact) mass is 424 g/mol. The van der Waals surface area contributed by atoms with Crippen LogP contribution in [-0.4, -0.2) is 27.7 Å². The molecule has 0 fully saturated rings. The number of ether oxygens (including phenoxy) is 2. The molecular weight excluding hydrogens is 403 g/mol. The van der Waals surface area contributed by atoms with E-state index in [1.807, 2.05) is 24.5 Å². The summed E-state index contributed by atoms with van der Waals surface area (Å²) in [4.78, 5) is 27.7. The van der Waals surface area contributed by atoms with Gasteiger partial charge >= 0.3 is 5.97 Å². The minimum atomic E-state index is -1.26. The standard InChI is InChI=1S/C23H21FN2O5/c1-12(2)16-7-13-8-19(30-3)20(31-22-6-4-5-21(24)25-22)9-14(13)17-10-18(27)15(23(28)29)11-26(16)17/h4-6,8-12,16H,7H2,1-3H3,(H,28,29). The van der Waals surface area contributed by atoms with E-state index in [0.717, 1.165) is 11.1 Å². The SMILES string of the molecule is COc1cc2c(cc1Oc1cccc(F)n1)-c1cc(=O)c(C(=O)O)cn1C(C(C)C)C2. The maximum Gasteiger partial charge on any atom is 0.341 e. The van der Waals surface area contributed by atoms with Gasteiger partial charge in [0.15, 0.2) is 16.9 Å². The van der Waals surface area contributed by atoms with Crippen molar-refractivity contribution >= 4 is 5.97 Å². The predicted octanol–water partition coefficient (Wildman–Crippen LogP) is 4.30. The third-order valence-corrected chi connectivity index (χ3v) is 5.44. The van der Waals surface area contributed by atoms with Crippen molar-refractivity contribution in [3.05, 3.63) is 69.9 Å². The fourth-order valence-corrected chi connectivity index (χ4v) is 3.89. The average Bonchev–Trinajstić information content (AvgIpc) is 2.72. The van der Waals surface area contributed by atoms with Crippen molar-refractivity contribution in [2.45, 2.75) is 26.3 Å². The molecule has 0 saturated carbocycles. The van der Waals surface area contributed by atoms with E-state index in [2.05, 4.69) is 4.98 Å². The Morgan fingerprint density at radius 1 is 1.26 bits per heavy atom. The van der Waals surface area contributed by atoms with Crippen molar-refractivity contribution in [1.29, 1.82) is 0 Å². The molecule has 8 heteroatoms. The minimum Gasteiger partial charge on any atom is -0.493 e. The van der Waals surface area contributed by atoms with Crippen LogP contribution < -0.4 is 14.9 Å². The Morgan fingerprint density at radius 2 is 2.03 bits per heavy atom. The number of halogens is 1. The van der Waals surface area contributed by atoms with E-state index in [4.69, 9.17) is 9.47 Å². The van der Waals surface area contributed by atoms with Gasteiger partial charge in [0.05, 0.1) is 12.8 Å². The molecular formula is C23H21FN2O5. The van der Waals surface area contributed by atoms with E-state index >= 15 is 0 Å². The van der Waals surface area contributed by atoms with Crippen molar-refractivity contribution < 1.29 is 23.8 Å². The molecule has 0 spiro atoms. The summed E-state index contributed by atoms with van der Waals surface area (Å²) in [6, 6.07) is 9.06. The molecule has 2 aromatic heterocycles. The first-order valence-corrected chi connectivity index (χ1v) is 9.79. The topological polar surface area (TPSA) is 90.7 Å². The fourth-order valence-electron chi connectivity index (χ4n) is 3.89. The van der Waals surface area contributed by atoms with Crippen LogP contribution in [0, 0.1) is 11.9 Å². The summed E-state index contributed by atoms with van der Waals surface area (Å²) in [5.74, 6) is -0.923. The summed E-state index contributed by atoms with van der Waals surface area (Å²) in [7, 11) is 1.51. The van der Waals surface area contributed by atoms with Crippen molar-refractivity contribution in [2.24, 2.45) is 5.92 Å². The molecule has 31 heavy (non-hydrogen) atoms. The first-order chi connectivity index (χ1) is 14.8. The third kappa shape index (κ3) is 3.76. The summed E-state index contributed by atoms with van der Waals surface area (Å²) in [5, 5.41) is 9.40. The van der Waals surface area contributed by atoms with E-state index in [0.29, 0.717) is 23.6 Å². The van der Waals surface area contributed by atoms with Gasteiger partial charge in [0.25, 0.3) is 0 Å². The van der Waals surface area contributed by atoms with Crippen LogP contribution in [0.5, 0.6) is 17.4 Å². The largest absolute Gasteiger partial charge is 0.493 e. The van der Waals surface area contributed by atoms with E-state index in [9.17, 15) is 19.1 Å². The van der Waals surface area contributed by atoms with Gasteiger partial charge in [-0.15, -0.1) is 0 Å². The molecule has 0 radical (unpaired) electrons. The molecule has 7 nitrogen and oxygen atoms in total. The molecule has 1 aromatic carbocycles. The van der Waals surface area contributed by atoms with Gasteiger partial charge in [0.1, 0.15) is 5.56 Å². The number of hydrogen-bond donors (Lipinski definition) is 1. The Hall–Kier alpha value is -3.68. The number of nitrogens with zero attached hydrogens (tertiary/aromatic N) is 2. The van der Waals surface area contributed by atoms with Crippen molar-refractivity contribution in [2.75, 3.05) is 7.11 Å². The van der Waals surface area contributed by atoms with Gasteiger partial charge in [-0.2, -0.15) is 9.37 Å². The third-order valence-electron chi connectivity index (χ3n) is 5.44. The van der Waals surface area contributed by atoms with Gasteiger partial charge in [-0.3, -0.25) is 4.79 Å². The van der Waals surface area contributed by atoms with E-state index in [-0.39, 0.29) is 23.4 Å². The number of pyridine rings is 2. The number of carboxylic acids is 1. The molecule has 1 N–H and O–H groups in total. The number of aromatic carboxylic acids is 1. The van der Waals surface area contributed by atoms with Gasteiger partial charge < -0.3 is 19.1 Å². The lowest BCUT2D eigenvalue weighted by atomic mass is 9.87. The zero-order valence-corrected chi connectivity index (χ0v) is 17.3. The van der Waals surface area contributed by atoms with Crippen LogP contribution >= 0.6 is 0 Å². The summed E-state index contributed by atoms with van der Waals surface area (Å²) < 4.78 is 26.6. The average molecular weight is 424 g/mol. The normalized spacial score (nSPS) is 14.7. The molecule has 0 aliphatic carbocycles. The Bertz CT molecular complexity index is 1240. The number of methoxy groups -OCH3 is 1. The van der Waals surface area contributed by atoms with Crippen LogP contribution in [0.3, 0.4) is 0 Å². The second-order valence-corrected chi connectivity index (χ2v) is 7.73. The maximum atomic E-state index is 13.5. The van der Waals surface area contributed by atoms with Gasteiger partial charge in [-0.1, -0.05) is 19.9 Å². The number of rotatable bonds is 5. The minimum absolute atomic E-state index is 0.0393. The number of benzene rings is 1. The number of hydrogen-bond acceptors (Lipinski definition) is 5. The summed E-state index contributed by atoms with van der Waals surface area (Å²) in [6.45, 7) is 4.09. The molecule has 3 heterocycles. The van der Waals surface area contributed by atoms with Crippen LogP contribution in [0.15, 0.2) is 47.4 Å². The first kappa shape index (κ1) is 20.6. The first-order valence-electron chi connectivity index (χ1n) is 9.79. The van der Waals surface area contributed by atoms with Crippen LogP contribution in [0.4, 0.5) is 4.39 Å².